The summed E-state index contributed by atoms with van der Waals surface area (Å²) in [6.45, 7) is 7.13. The van der Waals surface area contributed by atoms with E-state index in [0.29, 0.717) is 5.25 Å². The Bertz CT molecular complexity index is 656. The summed E-state index contributed by atoms with van der Waals surface area (Å²) in [6, 6.07) is 4.08. The zero-order valence-corrected chi connectivity index (χ0v) is 13.3. The Kier molecular flexibility index (Phi) is 3.57. The fraction of sp³-hybridized carbons (Fsp3) is 0.467. The largest absolute Gasteiger partial charge is 0.444 e. The molecule has 0 radical (unpaired) electrons. The lowest BCUT2D eigenvalue weighted by molar-refractivity contribution is 0.0144. The molecule has 3 rings (SSSR count). The topological polar surface area (TPSA) is 46.8 Å². The molecule has 2 aromatic rings. The number of carbonyl (C=O) groups excluding carboxylic acids is 1. The van der Waals surface area contributed by atoms with Gasteiger partial charge in [0.05, 0.1) is 0 Å². The number of fused-ring (bicyclic) bond motifs is 1. The first-order chi connectivity index (χ1) is 9.90. The van der Waals surface area contributed by atoms with Gasteiger partial charge in [-0.3, -0.25) is 0 Å². The first-order valence-electron chi connectivity index (χ1n) is 6.98. The first kappa shape index (κ1) is 14.3. The van der Waals surface area contributed by atoms with Gasteiger partial charge in [0.15, 0.2) is 0 Å². The van der Waals surface area contributed by atoms with E-state index in [9.17, 15) is 4.79 Å². The Hall–Kier alpha value is -1.69. The highest BCUT2D eigenvalue weighted by atomic mass is 32.2. The smallest absolute Gasteiger partial charge is 0.410 e. The number of imidazole rings is 1. The van der Waals surface area contributed by atoms with Crippen LogP contribution < -0.4 is 0 Å². The number of ether oxygens (including phenoxy) is 1. The fourth-order valence-electron chi connectivity index (χ4n) is 2.15. The molecule has 0 aromatic carbocycles. The Labute approximate surface area is 128 Å². The minimum absolute atomic E-state index is 0.218. The molecule has 1 saturated heterocycles. The molecule has 6 heteroatoms. The van der Waals surface area contributed by atoms with Crippen molar-refractivity contribution >= 4 is 23.5 Å². The lowest BCUT2D eigenvalue weighted by Gasteiger charge is -2.39. The van der Waals surface area contributed by atoms with E-state index in [0.717, 1.165) is 18.7 Å². The number of hydrogen-bond acceptors (Lipinski definition) is 4. The molecule has 2 aromatic heterocycles. The summed E-state index contributed by atoms with van der Waals surface area (Å²) in [5, 5.41) is 0.429. The van der Waals surface area contributed by atoms with E-state index in [1.807, 2.05) is 37.4 Å². The van der Waals surface area contributed by atoms with Crippen molar-refractivity contribution in [2.24, 2.45) is 0 Å². The van der Waals surface area contributed by atoms with Gasteiger partial charge < -0.3 is 14.0 Å². The van der Waals surface area contributed by atoms with Crippen LogP contribution in [-0.2, 0) is 4.74 Å². The van der Waals surface area contributed by atoms with Gasteiger partial charge in [0.1, 0.15) is 11.2 Å². The molecule has 0 aliphatic carbocycles. The average Bonchev–Trinajstić information content (AvgIpc) is 2.77. The van der Waals surface area contributed by atoms with E-state index in [-0.39, 0.29) is 6.09 Å². The average molecular weight is 305 g/mol. The van der Waals surface area contributed by atoms with Gasteiger partial charge >= 0.3 is 6.09 Å². The van der Waals surface area contributed by atoms with Gasteiger partial charge in [0, 0.05) is 41.8 Å². The van der Waals surface area contributed by atoms with Crippen molar-refractivity contribution < 1.29 is 9.53 Å². The predicted molar refractivity (Wildman–Crippen MR) is 82.6 cm³/mol. The molecular formula is C15H19N3O2S. The van der Waals surface area contributed by atoms with Crippen molar-refractivity contribution in [1.82, 2.24) is 14.3 Å². The number of hydrogen-bond donors (Lipinski definition) is 0. The standard InChI is InChI=1S/C15H19N3O2S/c1-15(2,3)20-14(19)18-9-12(10-18)21-11-4-5-13-16-6-7-17(13)8-11/h4-8,12H,9-10H2,1-3H3. The monoisotopic (exact) mass is 305 g/mol. The molecule has 1 amide bonds. The maximum absolute atomic E-state index is 11.9. The summed E-state index contributed by atoms with van der Waals surface area (Å²) in [5.74, 6) is 0. The molecule has 112 valence electrons. The molecule has 3 heterocycles. The van der Waals surface area contributed by atoms with Crippen LogP contribution in [0.3, 0.4) is 0 Å². The van der Waals surface area contributed by atoms with Gasteiger partial charge in [-0.1, -0.05) is 0 Å². The number of thioether (sulfide) groups is 1. The Morgan fingerprint density at radius 2 is 2.14 bits per heavy atom. The van der Waals surface area contributed by atoms with Crippen LogP contribution >= 0.6 is 11.8 Å². The first-order valence-corrected chi connectivity index (χ1v) is 7.86. The molecule has 5 nitrogen and oxygen atoms in total. The number of carbonyl (C=O) groups is 1. The van der Waals surface area contributed by atoms with E-state index in [2.05, 4.69) is 17.2 Å². The molecular weight excluding hydrogens is 286 g/mol. The number of likely N-dealkylation sites (tertiary alicyclic amines) is 1. The Balaban J connectivity index is 1.53. The van der Waals surface area contributed by atoms with E-state index in [4.69, 9.17) is 4.74 Å². The lowest BCUT2D eigenvalue weighted by atomic mass is 10.2. The van der Waals surface area contributed by atoms with Crippen LogP contribution in [0.2, 0.25) is 0 Å². The highest BCUT2D eigenvalue weighted by molar-refractivity contribution is 8.00. The summed E-state index contributed by atoms with van der Waals surface area (Å²) < 4.78 is 7.36. The molecule has 1 aliphatic heterocycles. The molecule has 21 heavy (non-hydrogen) atoms. The number of aromatic nitrogens is 2. The van der Waals surface area contributed by atoms with E-state index >= 15 is 0 Å². The quantitative estimate of drug-likeness (QED) is 0.855. The van der Waals surface area contributed by atoms with E-state index < -0.39 is 5.60 Å². The van der Waals surface area contributed by atoms with Crippen molar-refractivity contribution in [2.45, 2.75) is 36.5 Å². The highest BCUT2D eigenvalue weighted by Crippen LogP contribution is 2.30. The number of amides is 1. The minimum atomic E-state index is -0.429. The molecule has 0 N–H and O–H groups in total. The Morgan fingerprint density at radius 3 is 2.86 bits per heavy atom. The minimum Gasteiger partial charge on any atom is -0.444 e. The maximum atomic E-state index is 11.9. The zero-order chi connectivity index (χ0) is 15.0. The molecule has 1 fully saturated rings. The van der Waals surface area contributed by atoms with Crippen LogP contribution in [0.15, 0.2) is 35.6 Å². The maximum Gasteiger partial charge on any atom is 0.410 e. The van der Waals surface area contributed by atoms with Crippen molar-refractivity contribution in [2.75, 3.05) is 13.1 Å². The SMILES string of the molecule is CC(C)(C)OC(=O)N1CC(Sc2ccc3nccn3c2)C1. The normalized spacial score (nSPS) is 16.0. The third kappa shape index (κ3) is 3.32. The van der Waals surface area contributed by atoms with Gasteiger partial charge in [0.25, 0.3) is 0 Å². The predicted octanol–water partition coefficient (Wildman–Crippen LogP) is 3.05. The van der Waals surface area contributed by atoms with Crippen LogP contribution in [-0.4, -0.2) is 44.3 Å². The van der Waals surface area contributed by atoms with Gasteiger partial charge in [-0.15, -0.1) is 11.8 Å². The zero-order valence-electron chi connectivity index (χ0n) is 12.4. The van der Waals surface area contributed by atoms with Gasteiger partial charge in [0.2, 0.25) is 0 Å². The van der Waals surface area contributed by atoms with Gasteiger partial charge in [-0.05, 0) is 32.9 Å². The van der Waals surface area contributed by atoms with Crippen molar-refractivity contribution in [3.63, 3.8) is 0 Å². The fourth-order valence-corrected chi connectivity index (χ4v) is 3.36. The molecule has 0 spiro atoms. The van der Waals surface area contributed by atoms with Crippen LogP contribution in [0.25, 0.3) is 5.65 Å². The summed E-state index contributed by atoms with van der Waals surface area (Å²) in [6.07, 6.45) is 5.58. The second-order valence-electron chi connectivity index (χ2n) is 6.18. The third-order valence-electron chi connectivity index (χ3n) is 3.16. The van der Waals surface area contributed by atoms with Gasteiger partial charge in [-0.25, -0.2) is 9.78 Å². The van der Waals surface area contributed by atoms with Crippen LogP contribution in [0.4, 0.5) is 4.79 Å². The van der Waals surface area contributed by atoms with E-state index in [1.54, 1.807) is 22.9 Å². The van der Waals surface area contributed by atoms with Crippen molar-refractivity contribution in [3.05, 3.63) is 30.7 Å². The number of nitrogens with zero attached hydrogens (tertiary/aromatic N) is 3. The van der Waals surface area contributed by atoms with Crippen LogP contribution in [0.1, 0.15) is 20.8 Å². The van der Waals surface area contributed by atoms with E-state index in [1.165, 1.54) is 4.90 Å². The Morgan fingerprint density at radius 1 is 1.38 bits per heavy atom. The molecule has 0 saturated carbocycles. The molecule has 0 bridgehead atoms. The number of rotatable bonds is 2. The molecule has 0 unspecified atom stereocenters. The second-order valence-corrected chi connectivity index (χ2v) is 7.56. The highest BCUT2D eigenvalue weighted by Gasteiger charge is 2.34. The summed E-state index contributed by atoms with van der Waals surface area (Å²) in [4.78, 5) is 19.0. The molecule has 0 atom stereocenters. The third-order valence-corrected chi connectivity index (χ3v) is 4.31. The summed E-state index contributed by atoms with van der Waals surface area (Å²) in [7, 11) is 0. The van der Waals surface area contributed by atoms with Gasteiger partial charge in [-0.2, -0.15) is 0 Å². The summed E-state index contributed by atoms with van der Waals surface area (Å²) >= 11 is 1.79. The lowest BCUT2D eigenvalue weighted by Crippen LogP contribution is -2.53. The van der Waals surface area contributed by atoms with Crippen molar-refractivity contribution in [3.8, 4) is 0 Å². The number of pyridine rings is 1. The molecule has 1 aliphatic rings. The summed E-state index contributed by atoms with van der Waals surface area (Å²) in [5.41, 5.74) is 0.519. The van der Waals surface area contributed by atoms with Crippen molar-refractivity contribution in [1.29, 1.82) is 0 Å². The second kappa shape index (κ2) is 5.26. The van der Waals surface area contributed by atoms with Crippen LogP contribution in [0.5, 0.6) is 0 Å². The van der Waals surface area contributed by atoms with Crippen LogP contribution in [0, 0.1) is 0 Å².